The van der Waals surface area contributed by atoms with Crippen molar-refractivity contribution in [3.8, 4) is 0 Å². The lowest BCUT2D eigenvalue weighted by Gasteiger charge is -2.28. The second kappa shape index (κ2) is 5.88. The summed E-state index contributed by atoms with van der Waals surface area (Å²) in [5, 5.41) is 3.34. The molecule has 0 unspecified atom stereocenters. The van der Waals surface area contributed by atoms with Crippen LogP contribution in [0, 0.1) is 5.41 Å². The van der Waals surface area contributed by atoms with Crippen LogP contribution < -0.4 is 4.90 Å². The van der Waals surface area contributed by atoms with Crippen LogP contribution in [0.1, 0.15) is 27.2 Å². The Balaban J connectivity index is 1.78. The molecule has 0 aromatic carbocycles. The number of carbonyl (C=O) groups is 1. The molecule has 22 heavy (non-hydrogen) atoms. The topological polar surface area (TPSA) is 36.4 Å². The summed E-state index contributed by atoms with van der Waals surface area (Å²) in [7, 11) is 0. The monoisotopic (exact) mass is 317 g/mol. The van der Waals surface area contributed by atoms with Crippen LogP contribution >= 0.6 is 11.3 Å². The minimum Gasteiger partial charge on any atom is -0.354 e. The van der Waals surface area contributed by atoms with Gasteiger partial charge in [0.2, 0.25) is 5.91 Å². The van der Waals surface area contributed by atoms with Gasteiger partial charge in [0.1, 0.15) is 5.82 Å². The molecule has 1 aliphatic rings. The highest BCUT2D eigenvalue weighted by Gasteiger charge is 2.29. The van der Waals surface area contributed by atoms with E-state index >= 15 is 0 Å². The first-order valence-corrected chi connectivity index (χ1v) is 8.71. The number of nitrogens with zero attached hydrogens (tertiary/aromatic N) is 3. The van der Waals surface area contributed by atoms with Gasteiger partial charge in [-0.1, -0.05) is 20.8 Å². The van der Waals surface area contributed by atoms with Crippen LogP contribution in [-0.2, 0) is 4.79 Å². The van der Waals surface area contributed by atoms with Crippen LogP contribution in [0.2, 0.25) is 0 Å². The Morgan fingerprint density at radius 1 is 1.18 bits per heavy atom. The van der Waals surface area contributed by atoms with E-state index in [2.05, 4.69) is 27.4 Å². The van der Waals surface area contributed by atoms with E-state index in [9.17, 15) is 4.79 Å². The van der Waals surface area contributed by atoms with E-state index in [0.717, 1.165) is 38.4 Å². The molecule has 1 aliphatic heterocycles. The molecule has 0 N–H and O–H groups in total. The molecule has 2 aromatic heterocycles. The molecule has 1 saturated heterocycles. The van der Waals surface area contributed by atoms with Crippen LogP contribution in [-0.4, -0.2) is 42.0 Å². The average Bonchev–Trinajstić information content (AvgIpc) is 2.82. The standard InChI is InChI=1S/C17H23N3OS/c1-17(2,3)16(21)20-9-4-8-19(10-11-20)15-13-6-12-22-14(13)5-7-18-15/h5-7,12H,4,8-11H2,1-3H3. The number of hydrogen-bond donors (Lipinski definition) is 0. The molecule has 4 nitrogen and oxygen atoms in total. The first kappa shape index (κ1) is 15.3. The van der Waals surface area contributed by atoms with E-state index in [1.807, 2.05) is 31.9 Å². The average molecular weight is 317 g/mol. The number of amides is 1. The molecule has 1 amide bonds. The van der Waals surface area contributed by atoms with Crippen molar-refractivity contribution >= 4 is 33.1 Å². The summed E-state index contributed by atoms with van der Waals surface area (Å²) in [6.45, 7) is 9.40. The van der Waals surface area contributed by atoms with E-state index < -0.39 is 0 Å². The Hall–Kier alpha value is -1.62. The molecule has 5 heteroatoms. The molecule has 2 aromatic rings. The minimum absolute atomic E-state index is 0.246. The molecule has 0 radical (unpaired) electrons. The predicted molar refractivity (Wildman–Crippen MR) is 92.5 cm³/mol. The van der Waals surface area contributed by atoms with Crippen LogP contribution in [0.5, 0.6) is 0 Å². The van der Waals surface area contributed by atoms with Gasteiger partial charge in [0.05, 0.1) is 0 Å². The highest BCUT2D eigenvalue weighted by Crippen LogP contribution is 2.29. The van der Waals surface area contributed by atoms with Gasteiger partial charge in [-0.05, 0) is 23.9 Å². The third kappa shape index (κ3) is 2.95. The smallest absolute Gasteiger partial charge is 0.228 e. The first-order valence-electron chi connectivity index (χ1n) is 7.83. The Bertz CT molecular complexity index is 674. The zero-order valence-electron chi connectivity index (χ0n) is 13.5. The van der Waals surface area contributed by atoms with Gasteiger partial charge in [0.15, 0.2) is 0 Å². The second-order valence-electron chi connectivity index (χ2n) is 6.85. The van der Waals surface area contributed by atoms with Crippen molar-refractivity contribution in [1.29, 1.82) is 0 Å². The lowest BCUT2D eigenvalue weighted by molar-refractivity contribution is -0.139. The predicted octanol–water partition coefficient (Wildman–Crippen LogP) is 3.38. The van der Waals surface area contributed by atoms with Crippen molar-refractivity contribution in [3.05, 3.63) is 23.7 Å². The normalized spacial score (nSPS) is 16.9. The molecule has 0 saturated carbocycles. The summed E-state index contributed by atoms with van der Waals surface area (Å²) in [4.78, 5) is 21.4. The summed E-state index contributed by atoms with van der Waals surface area (Å²) in [6, 6.07) is 4.21. The van der Waals surface area contributed by atoms with E-state index in [0.29, 0.717) is 0 Å². The van der Waals surface area contributed by atoms with Gasteiger partial charge in [-0.25, -0.2) is 4.98 Å². The zero-order valence-corrected chi connectivity index (χ0v) is 14.3. The molecule has 0 spiro atoms. The Morgan fingerprint density at radius 3 is 2.77 bits per heavy atom. The van der Waals surface area contributed by atoms with Crippen molar-refractivity contribution in [2.75, 3.05) is 31.1 Å². The number of aromatic nitrogens is 1. The van der Waals surface area contributed by atoms with Gasteiger partial charge >= 0.3 is 0 Å². The van der Waals surface area contributed by atoms with Gasteiger partial charge in [-0.3, -0.25) is 4.79 Å². The Morgan fingerprint density at radius 2 is 2.00 bits per heavy atom. The van der Waals surface area contributed by atoms with Gasteiger partial charge in [-0.2, -0.15) is 0 Å². The van der Waals surface area contributed by atoms with Crippen molar-refractivity contribution in [2.45, 2.75) is 27.2 Å². The van der Waals surface area contributed by atoms with E-state index in [1.54, 1.807) is 11.3 Å². The zero-order chi connectivity index (χ0) is 15.7. The molecule has 3 heterocycles. The largest absolute Gasteiger partial charge is 0.354 e. The molecule has 1 fully saturated rings. The third-order valence-corrected chi connectivity index (χ3v) is 4.97. The van der Waals surface area contributed by atoms with Crippen molar-refractivity contribution < 1.29 is 4.79 Å². The van der Waals surface area contributed by atoms with Crippen molar-refractivity contribution in [3.63, 3.8) is 0 Å². The molecule has 0 aliphatic carbocycles. The number of anilines is 1. The summed E-state index contributed by atoms with van der Waals surface area (Å²) in [5.74, 6) is 1.31. The number of rotatable bonds is 1. The lowest BCUT2D eigenvalue weighted by atomic mass is 9.94. The fourth-order valence-electron chi connectivity index (χ4n) is 2.94. The molecule has 3 rings (SSSR count). The molecule has 118 valence electrons. The molecular formula is C17H23N3OS. The van der Waals surface area contributed by atoms with Crippen molar-refractivity contribution in [2.24, 2.45) is 5.41 Å². The molecule has 0 bridgehead atoms. The summed E-state index contributed by atoms with van der Waals surface area (Å²) < 4.78 is 1.27. The fourth-order valence-corrected chi connectivity index (χ4v) is 3.72. The summed E-state index contributed by atoms with van der Waals surface area (Å²) in [5.41, 5.74) is -0.305. The van der Waals surface area contributed by atoms with E-state index in [1.165, 1.54) is 10.1 Å². The maximum Gasteiger partial charge on any atom is 0.228 e. The molecular weight excluding hydrogens is 294 g/mol. The van der Waals surface area contributed by atoms with E-state index in [4.69, 9.17) is 0 Å². The fraction of sp³-hybridized carbons (Fsp3) is 0.529. The van der Waals surface area contributed by atoms with Gasteiger partial charge < -0.3 is 9.80 Å². The summed E-state index contributed by atoms with van der Waals surface area (Å²) in [6.07, 6.45) is 2.88. The number of pyridine rings is 1. The number of carbonyl (C=O) groups excluding carboxylic acids is 1. The summed E-state index contributed by atoms with van der Waals surface area (Å²) >= 11 is 1.75. The minimum atomic E-state index is -0.305. The van der Waals surface area contributed by atoms with Gasteiger partial charge in [0, 0.05) is 47.9 Å². The SMILES string of the molecule is CC(C)(C)C(=O)N1CCCN(c2nccc3sccc23)CC1. The van der Waals surface area contributed by atoms with Crippen molar-refractivity contribution in [1.82, 2.24) is 9.88 Å². The van der Waals surface area contributed by atoms with Gasteiger partial charge in [-0.15, -0.1) is 11.3 Å². The van der Waals surface area contributed by atoms with Crippen LogP contribution in [0.3, 0.4) is 0 Å². The van der Waals surface area contributed by atoms with Crippen LogP contribution in [0.15, 0.2) is 23.7 Å². The quantitative estimate of drug-likeness (QED) is 0.809. The third-order valence-electron chi connectivity index (χ3n) is 4.08. The number of hydrogen-bond acceptors (Lipinski definition) is 4. The Labute approximate surface area is 135 Å². The second-order valence-corrected chi connectivity index (χ2v) is 7.80. The number of thiophene rings is 1. The highest BCUT2D eigenvalue weighted by atomic mass is 32.1. The van der Waals surface area contributed by atoms with E-state index in [-0.39, 0.29) is 11.3 Å². The van der Waals surface area contributed by atoms with Crippen LogP contribution in [0.25, 0.3) is 10.1 Å². The highest BCUT2D eigenvalue weighted by molar-refractivity contribution is 7.17. The van der Waals surface area contributed by atoms with Gasteiger partial charge in [0.25, 0.3) is 0 Å². The maximum absolute atomic E-state index is 12.5. The molecule has 0 atom stereocenters. The first-order chi connectivity index (χ1) is 10.5. The van der Waals surface area contributed by atoms with Crippen LogP contribution in [0.4, 0.5) is 5.82 Å². The number of fused-ring (bicyclic) bond motifs is 1. The Kier molecular flexibility index (Phi) is 4.08. The lowest BCUT2D eigenvalue weighted by Crippen LogP contribution is -2.41. The maximum atomic E-state index is 12.5.